The van der Waals surface area contributed by atoms with Gasteiger partial charge < -0.3 is 0 Å². The zero-order valence-electron chi connectivity index (χ0n) is 16.7. The smallest absolute Gasteiger partial charge is 0.267 e. The minimum absolute atomic E-state index is 0.0327. The Morgan fingerprint density at radius 1 is 0.966 bits per heavy atom. The van der Waals surface area contributed by atoms with Gasteiger partial charge in [-0.2, -0.15) is 5.10 Å². The van der Waals surface area contributed by atoms with Gasteiger partial charge in [-0.25, -0.2) is 14.1 Å². The molecule has 0 radical (unpaired) electrons. The molecule has 29 heavy (non-hydrogen) atoms. The Hall–Kier alpha value is -3.25. The van der Waals surface area contributed by atoms with E-state index in [4.69, 9.17) is 0 Å². The van der Waals surface area contributed by atoms with Crippen LogP contribution >= 0.6 is 11.3 Å². The molecule has 6 heteroatoms. The second-order valence-corrected chi connectivity index (χ2v) is 8.57. The molecule has 0 saturated heterocycles. The van der Waals surface area contributed by atoms with Gasteiger partial charge in [0, 0.05) is 11.8 Å². The SMILES string of the molecule is Cc1ccc(-n2cc(C=c3sc4nc5cc(C)c(C)cc5n4c3=O)cn2)cc1C. The van der Waals surface area contributed by atoms with Crippen LogP contribution in [0, 0.1) is 27.7 Å². The Morgan fingerprint density at radius 3 is 2.52 bits per heavy atom. The maximum Gasteiger partial charge on any atom is 0.274 e. The first-order valence-electron chi connectivity index (χ1n) is 9.47. The average Bonchev–Trinajstić information content (AvgIpc) is 3.35. The maximum absolute atomic E-state index is 13.0. The summed E-state index contributed by atoms with van der Waals surface area (Å²) in [7, 11) is 0. The molecule has 5 rings (SSSR count). The van der Waals surface area contributed by atoms with Crippen LogP contribution in [0.3, 0.4) is 0 Å². The Balaban J connectivity index is 1.61. The van der Waals surface area contributed by atoms with Crippen LogP contribution in [-0.2, 0) is 0 Å². The van der Waals surface area contributed by atoms with Crippen LogP contribution in [0.4, 0.5) is 0 Å². The molecule has 0 amide bonds. The molecule has 0 saturated carbocycles. The van der Waals surface area contributed by atoms with Crippen molar-refractivity contribution in [1.29, 1.82) is 0 Å². The lowest BCUT2D eigenvalue weighted by Gasteiger charge is -2.04. The van der Waals surface area contributed by atoms with E-state index in [0.29, 0.717) is 4.53 Å². The monoisotopic (exact) mass is 400 g/mol. The van der Waals surface area contributed by atoms with Crippen LogP contribution < -0.4 is 10.1 Å². The maximum atomic E-state index is 13.0. The van der Waals surface area contributed by atoms with E-state index in [1.807, 2.05) is 35.2 Å². The zero-order valence-corrected chi connectivity index (χ0v) is 17.5. The predicted molar refractivity (Wildman–Crippen MR) is 118 cm³/mol. The molecule has 0 N–H and O–H groups in total. The van der Waals surface area contributed by atoms with Gasteiger partial charge >= 0.3 is 0 Å². The first kappa shape index (κ1) is 17.8. The Kier molecular flexibility index (Phi) is 3.93. The summed E-state index contributed by atoms with van der Waals surface area (Å²) >= 11 is 1.41. The first-order chi connectivity index (χ1) is 13.9. The third kappa shape index (κ3) is 2.87. The van der Waals surface area contributed by atoms with Gasteiger partial charge in [-0.1, -0.05) is 17.4 Å². The van der Waals surface area contributed by atoms with Gasteiger partial charge in [0.2, 0.25) is 0 Å². The molecule has 0 bridgehead atoms. The number of hydrogen-bond acceptors (Lipinski definition) is 4. The normalized spacial score (nSPS) is 12.5. The number of aryl methyl sites for hydroxylation is 4. The van der Waals surface area contributed by atoms with E-state index < -0.39 is 0 Å². The van der Waals surface area contributed by atoms with Crippen molar-refractivity contribution in [2.45, 2.75) is 27.7 Å². The first-order valence-corrected chi connectivity index (χ1v) is 10.3. The van der Waals surface area contributed by atoms with Crippen molar-refractivity contribution >= 4 is 33.4 Å². The molecular formula is C23H20N4OS. The lowest BCUT2D eigenvalue weighted by Crippen LogP contribution is -2.22. The fourth-order valence-corrected chi connectivity index (χ4v) is 4.48. The van der Waals surface area contributed by atoms with E-state index in [0.717, 1.165) is 32.8 Å². The van der Waals surface area contributed by atoms with Gasteiger partial charge in [0.05, 0.1) is 27.4 Å². The summed E-state index contributed by atoms with van der Waals surface area (Å²) in [6.07, 6.45) is 5.61. The number of fused-ring (bicyclic) bond motifs is 3. The van der Waals surface area contributed by atoms with E-state index >= 15 is 0 Å². The van der Waals surface area contributed by atoms with Gasteiger partial charge in [-0.05, 0) is 80.3 Å². The van der Waals surface area contributed by atoms with Crippen LogP contribution in [0.25, 0.3) is 27.8 Å². The van der Waals surface area contributed by atoms with Crippen molar-refractivity contribution in [3.05, 3.63) is 85.4 Å². The van der Waals surface area contributed by atoms with Crippen LogP contribution in [0.5, 0.6) is 0 Å². The molecule has 2 aromatic carbocycles. The molecule has 0 aliphatic heterocycles. The topological polar surface area (TPSA) is 52.2 Å². The van der Waals surface area contributed by atoms with Crippen molar-refractivity contribution in [3.8, 4) is 5.69 Å². The molecule has 3 heterocycles. The molecule has 0 fully saturated rings. The highest BCUT2D eigenvalue weighted by Crippen LogP contribution is 2.21. The summed E-state index contributed by atoms with van der Waals surface area (Å²) in [6.45, 7) is 8.30. The second kappa shape index (κ2) is 6.39. The molecular weight excluding hydrogens is 380 g/mol. The van der Waals surface area contributed by atoms with E-state index in [-0.39, 0.29) is 5.56 Å². The molecule has 0 unspecified atom stereocenters. The molecule has 5 aromatic rings. The van der Waals surface area contributed by atoms with E-state index in [9.17, 15) is 4.79 Å². The Labute approximate surface area is 171 Å². The zero-order chi connectivity index (χ0) is 20.3. The second-order valence-electron chi connectivity index (χ2n) is 7.56. The van der Waals surface area contributed by atoms with Crippen molar-refractivity contribution in [1.82, 2.24) is 19.2 Å². The third-order valence-electron chi connectivity index (χ3n) is 5.51. The third-order valence-corrected chi connectivity index (χ3v) is 6.48. The molecule has 144 valence electrons. The quantitative estimate of drug-likeness (QED) is 0.452. The van der Waals surface area contributed by atoms with Crippen LogP contribution in [-0.4, -0.2) is 19.2 Å². The summed E-state index contributed by atoms with van der Waals surface area (Å²) in [5.41, 5.74) is 8.42. The molecule has 0 aliphatic rings. The minimum Gasteiger partial charge on any atom is -0.267 e. The molecule has 0 aliphatic carbocycles. The fourth-order valence-electron chi connectivity index (χ4n) is 3.49. The van der Waals surface area contributed by atoms with Gasteiger partial charge in [-0.15, -0.1) is 0 Å². The van der Waals surface area contributed by atoms with Crippen LogP contribution in [0.15, 0.2) is 47.5 Å². The van der Waals surface area contributed by atoms with Crippen LogP contribution in [0.1, 0.15) is 27.8 Å². The molecule has 0 atom stereocenters. The summed E-state index contributed by atoms with van der Waals surface area (Å²) in [6, 6.07) is 10.3. The number of nitrogens with zero attached hydrogens (tertiary/aromatic N) is 4. The Bertz CT molecular complexity index is 1520. The van der Waals surface area contributed by atoms with Crippen molar-refractivity contribution < 1.29 is 0 Å². The standard InChI is InChI=1S/C23H20N4OS/c1-13-5-6-18(7-14(13)2)26-12-17(11-24-26)10-21-22(28)27-20-9-16(4)15(3)8-19(20)25-23(27)29-21/h5-12H,1-4H3. The summed E-state index contributed by atoms with van der Waals surface area (Å²) in [5, 5.41) is 4.46. The lowest BCUT2D eigenvalue weighted by atomic mass is 10.1. The van der Waals surface area contributed by atoms with Gasteiger partial charge in [-0.3, -0.25) is 4.79 Å². The van der Waals surface area contributed by atoms with Gasteiger partial charge in [0.1, 0.15) is 0 Å². The highest BCUT2D eigenvalue weighted by molar-refractivity contribution is 7.15. The molecule has 3 aromatic heterocycles. The van der Waals surface area contributed by atoms with Crippen molar-refractivity contribution in [2.75, 3.05) is 0 Å². The predicted octanol–water partition coefficient (Wildman–Crippen LogP) is 3.88. The van der Waals surface area contributed by atoms with E-state index in [1.165, 1.54) is 28.0 Å². The minimum atomic E-state index is -0.0327. The average molecular weight is 401 g/mol. The van der Waals surface area contributed by atoms with Crippen molar-refractivity contribution in [3.63, 3.8) is 0 Å². The highest BCUT2D eigenvalue weighted by Gasteiger charge is 2.12. The fraction of sp³-hybridized carbons (Fsp3) is 0.174. The number of benzene rings is 2. The number of imidazole rings is 1. The van der Waals surface area contributed by atoms with Crippen molar-refractivity contribution in [2.24, 2.45) is 0 Å². The Morgan fingerprint density at radius 2 is 1.72 bits per heavy atom. The molecule has 5 nitrogen and oxygen atoms in total. The number of aromatic nitrogens is 4. The van der Waals surface area contributed by atoms with E-state index in [1.54, 1.807) is 10.6 Å². The number of thiazole rings is 1. The number of rotatable bonds is 2. The van der Waals surface area contributed by atoms with Crippen LogP contribution in [0.2, 0.25) is 0 Å². The lowest BCUT2D eigenvalue weighted by molar-refractivity contribution is 0.878. The van der Waals surface area contributed by atoms with Gasteiger partial charge in [0.25, 0.3) is 5.56 Å². The van der Waals surface area contributed by atoms with Gasteiger partial charge in [0.15, 0.2) is 4.96 Å². The largest absolute Gasteiger partial charge is 0.274 e. The van der Waals surface area contributed by atoms with E-state index in [2.05, 4.69) is 49.9 Å². The highest BCUT2D eigenvalue weighted by atomic mass is 32.1. The number of hydrogen-bond donors (Lipinski definition) is 0. The molecule has 0 spiro atoms. The summed E-state index contributed by atoms with van der Waals surface area (Å²) in [5.74, 6) is 0. The summed E-state index contributed by atoms with van der Waals surface area (Å²) < 4.78 is 4.21. The summed E-state index contributed by atoms with van der Waals surface area (Å²) in [4.78, 5) is 18.4.